The van der Waals surface area contributed by atoms with E-state index in [9.17, 15) is 43.7 Å². The number of rotatable bonds is 40. The first-order valence-corrected chi connectivity index (χ1v) is 26.8. The van der Waals surface area contributed by atoms with E-state index in [1.807, 2.05) is 12.2 Å². The zero-order valence-electron chi connectivity index (χ0n) is 39.2. The minimum atomic E-state index is -4.91. The number of carbonyl (C=O) groups is 3. The molecule has 0 amide bonds. The van der Waals surface area contributed by atoms with Crippen molar-refractivity contribution >= 4 is 33.4 Å². The maximum atomic E-state index is 12.8. The first kappa shape index (κ1) is 61.2. The predicted molar refractivity (Wildman–Crippen MR) is 254 cm³/mol. The molecule has 0 aromatic carbocycles. The summed E-state index contributed by atoms with van der Waals surface area (Å²) in [6.07, 6.45) is 35.4. The van der Waals surface area contributed by atoms with E-state index >= 15 is 0 Å². The standard InChI is InChI=1S/C48H80O16P2/c1-3-5-7-8-9-10-11-12-13-14-15-16-17-18-19-20-21-22-27-31-47(53)60-38-42(39-63-66(58,59)62-37-41(50)36-61-65(55,56)57)64-48(54)32-28-24-23-26-30-43-44(46(52)35-45(43)51)34-33-40(49)29-25-6-4-2/h9-10,12-13,15-16,18-19,23,26,33-34,40-45,49-51H,3-8,11,14,17,20-22,24-25,27-32,35-39H2,1-2H3,(H,58,59)(H2,55,56,57)/b10-9-,13-12-,16-15-,19-18-,26-23-,34-33+/t40-,41-,42+,43+,44+,45-/m0/s1. The van der Waals surface area contributed by atoms with Gasteiger partial charge in [0.1, 0.15) is 18.5 Å². The largest absolute Gasteiger partial charge is 0.472 e. The molecule has 0 aromatic rings. The second-order valence-corrected chi connectivity index (χ2v) is 19.2. The Morgan fingerprint density at radius 3 is 1.85 bits per heavy atom. The SMILES string of the molecule is CCCCC/C=C\C/C=C\C/C=C\C/C=C\CCCCCC(=O)OC[C@H](COP(=O)(O)OC[C@@H](O)COP(=O)(O)O)OC(=O)CCC/C=C\C[C@H]1[C@@H](O)CC(=O)[C@@H]1/C=C/[C@@H](O)CCCCC. The molecular weight excluding hydrogens is 894 g/mol. The predicted octanol–water partition coefficient (Wildman–Crippen LogP) is 9.15. The molecule has 0 spiro atoms. The topological polar surface area (TPSA) is 253 Å². The number of hydrogen-bond acceptors (Lipinski definition) is 13. The van der Waals surface area contributed by atoms with Crippen LogP contribution < -0.4 is 0 Å². The third-order valence-electron chi connectivity index (χ3n) is 10.4. The molecule has 1 aliphatic carbocycles. The van der Waals surface area contributed by atoms with Gasteiger partial charge < -0.3 is 39.5 Å². The Bertz CT molecular complexity index is 1600. The smallest absolute Gasteiger partial charge is 0.462 e. The van der Waals surface area contributed by atoms with Crippen LogP contribution in [-0.2, 0) is 46.6 Å². The number of aliphatic hydroxyl groups excluding tert-OH is 3. The van der Waals surface area contributed by atoms with Gasteiger partial charge in [-0.3, -0.25) is 28.0 Å². The third kappa shape index (κ3) is 34.4. The van der Waals surface area contributed by atoms with E-state index in [2.05, 4.69) is 71.5 Å². The summed E-state index contributed by atoms with van der Waals surface area (Å²) in [6, 6.07) is 0. The molecule has 6 N–H and O–H groups in total. The van der Waals surface area contributed by atoms with Crippen molar-refractivity contribution in [2.75, 3.05) is 26.4 Å². The fourth-order valence-electron chi connectivity index (χ4n) is 6.72. The minimum absolute atomic E-state index is 0.0486. The van der Waals surface area contributed by atoms with Crippen LogP contribution >= 0.6 is 15.6 Å². The first-order valence-electron chi connectivity index (χ1n) is 23.7. The Kier molecular flexibility index (Phi) is 35.3. The van der Waals surface area contributed by atoms with Crippen molar-refractivity contribution in [1.29, 1.82) is 0 Å². The highest BCUT2D eigenvalue weighted by Crippen LogP contribution is 2.44. The molecule has 16 nitrogen and oxygen atoms in total. The van der Waals surface area contributed by atoms with Crippen LogP contribution in [0.25, 0.3) is 0 Å². The highest BCUT2D eigenvalue weighted by atomic mass is 31.2. The molecular formula is C48H80O16P2. The Labute approximate surface area is 393 Å². The van der Waals surface area contributed by atoms with Crippen LogP contribution in [-0.4, -0.2) is 98.6 Å². The zero-order valence-corrected chi connectivity index (χ0v) is 41.0. The van der Waals surface area contributed by atoms with E-state index < -0.39 is 84.3 Å². The van der Waals surface area contributed by atoms with Gasteiger partial charge in [0.05, 0.1) is 32.0 Å². The van der Waals surface area contributed by atoms with Gasteiger partial charge in [0.15, 0.2) is 6.10 Å². The number of carbonyl (C=O) groups excluding carboxylic acids is 3. The summed E-state index contributed by atoms with van der Waals surface area (Å²) in [5.74, 6) is -2.18. The lowest BCUT2D eigenvalue weighted by Crippen LogP contribution is -2.29. The monoisotopic (exact) mass is 974 g/mol. The number of phosphoric ester groups is 2. The van der Waals surface area contributed by atoms with Crippen LogP contribution in [0.3, 0.4) is 0 Å². The normalized spacial score (nSPS) is 19.6. The van der Waals surface area contributed by atoms with E-state index in [-0.39, 0.29) is 31.0 Å². The highest BCUT2D eigenvalue weighted by Gasteiger charge is 2.39. The Morgan fingerprint density at radius 2 is 1.21 bits per heavy atom. The molecule has 7 atom stereocenters. The second-order valence-electron chi connectivity index (χ2n) is 16.5. The van der Waals surface area contributed by atoms with Gasteiger partial charge in [0.2, 0.25) is 0 Å². The van der Waals surface area contributed by atoms with Crippen molar-refractivity contribution in [3.63, 3.8) is 0 Å². The molecule has 0 bridgehead atoms. The number of phosphoric acid groups is 2. The van der Waals surface area contributed by atoms with Gasteiger partial charge in [-0.1, -0.05) is 125 Å². The van der Waals surface area contributed by atoms with E-state index in [4.69, 9.17) is 23.8 Å². The van der Waals surface area contributed by atoms with Crippen LogP contribution in [0, 0.1) is 11.8 Å². The number of aliphatic hydroxyl groups is 3. The summed E-state index contributed by atoms with van der Waals surface area (Å²) >= 11 is 0. The van der Waals surface area contributed by atoms with Crippen molar-refractivity contribution in [2.24, 2.45) is 11.8 Å². The fourth-order valence-corrected chi connectivity index (χ4v) is 7.88. The molecule has 1 aliphatic rings. The number of esters is 2. The molecule has 18 heteroatoms. The Morgan fingerprint density at radius 1 is 0.667 bits per heavy atom. The van der Waals surface area contributed by atoms with Crippen LogP contribution in [0.5, 0.6) is 0 Å². The lowest BCUT2D eigenvalue weighted by atomic mass is 9.90. The number of Topliss-reactive ketones (excluding diaryl/α,β-unsaturated/α-hetero) is 1. The number of ether oxygens (including phenoxy) is 2. The summed E-state index contributed by atoms with van der Waals surface area (Å²) in [7, 11) is -9.81. The Hall–Kier alpha value is -2.85. The van der Waals surface area contributed by atoms with E-state index in [0.29, 0.717) is 32.1 Å². The summed E-state index contributed by atoms with van der Waals surface area (Å²) < 4.78 is 47.8. The van der Waals surface area contributed by atoms with Gasteiger partial charge in [0.25, 0.3) is 0 Å². The fraction of sp³-hybridized carbons (Fsp3) is 0.688. The molecule has 66 heavy (non-hydrogen) atoms. The highest BCUT2D eigenvalue weighted by molar-refractivity contribution is 7.47. The van der Waals surface area contributed by atoms with Gasteiger partial charge in [-0.05, 0) is 77.0 Å². The molecule has 1 rings (SSSR count). The maximum Gasteiger partial charge on any atom is 0.472 e. The molecule has 0 aromatic heterocycles. The van der Waals surface area contributed by atoms with E-state index in [0.717, 1.165) is 64.2 Å². The van der Waals surface area contributed by atoms with Crippen molar-refractivity contribution in [3.8, 4) is 0 Å². The number of unbranched alkanes of at least 4 members (excludes halogenated alkanes) is 9. The molecule has 0 radical (unpaired) electrons. The molecule has 378 valence electrons. The number of ketones is 1. The van der Waals surface area contributed by atoms with Gasteiger partial charge in [0, 0.05) is 31.1 Å². The van der Waals surface area contributed by atoms with Crippen LogP contribution in [0.15, 0.2) is 72.9 Å². The van der Waals surface area contributed by atoms with E-state index in [1.165, 1.54) is 19.3 Å². The first-order chi connectivity index (χ1) is 31.6. The summed E-state index contributed by atoms with van der Waals surface area (Å²) in [5.41, 5.74) is 0. The van der Waals surface area contributed by atoms with Gasteiger partial charge in [-0.25, -0.2) is 9.13 Å². The average molecular weight is 975 g/mol. The van der Waals surface area contributed by atoms with Crippen molar-refractivity contribution in [1.82, 2.24) is 0 Å². The number of allylic oxidation sites excluding steroid dienone is 11. The summed E-state index contributed by atoms with van der Waals surface area (Å²) in [6.45, 7) is 1.28. The molecule has 0 aliphatic heterocycles. The van der Waals surface area contributed by atoms with Crippen LogP contribution in [0.1, 0.15) is 149 Å². The molecule has 1 unspecified atom stereocenters. The van der Waals surface area contributed by atoms with Gasteiger partial charge in [-0.15, -0.1) is 0 Å². The van der Waals surface area contributed by atoms with E-state index in [1.54, 1.807) is 12.2 Å². The van der Waals surface area contributed by atoms with Crippen LogP contribution in [0.4, 0.5) is 0 Å². The average Bonchev–Trinajstić information content (AvgIpc) is 3.54. The zero-order chi connectivity index (χ0) is 48.9. The molecule has 0 saturated heterocycles. The lowest BCUT2D eigenvalue weighted by Gasteiger charge is -2.20. The molecule has 1 fully saturated rings. The molecule has 1 saturated carbocycles. The molecule has 0 heterocycles. The summed E-state index contributed by atoms with van der Waals surface area (Å²) in [5, 5.41) is 30.5. The maximum absolute atomic E-state index is 12.8. The number of hydrogen-bond donors (Lipinski definition) is 6. The van der Waals surface area contributed by atoms with Crippen molar-refractivity contribution in [2.45, 2.75) is 173 Å². The minimum Gasteiger partial charge on any atom is -0.462 e. The van der Waals surface area contributed by atoms with Crippen LogP contribution in [0.2, 0.25) is 0 Å². The quantitative estimate of drug-likeness (QED) is 0.0145. The Balaban J connectivity index is 2.57. The summed E-state index contributed by atoms with van der Waals surface area (Å²) in [4.78, 5) is 65.6. The second kappa shape index (κ2) is 38.1. The lowest BCUT2D eigenvalue weighted by molar-refractivity contribution is -0.161. The third-order valence-corrected chi connectivity index (χ3v) is 11.9. The van der Waals surface area contributed by atoms with Crippen molar-refractivity contribution in [3.05, 3.63) is 72.9 Å². The van der Waals surface area contributed by atoms with Gasteiger partial charge >= 0.3 is 27.6 Å². The van der Waals surface area contributed by atoms with Crippen molar-refractivity contribution < 1.29 is 76.6 Å². The van der Waals surface area contributed by atoms with Gasteiger partial charge in [-0.2, -0.15) is 0 Å².